The van der Waals surface area contributed by atoms with Crippen LogP contribution in [0.4, 0.5) is 5.13 Å². The lowest BCUT2D eigenvalue weighted by Gasteiger charge is -2.01. The first-order chi connectivity index (χ1) is 9.72. The highest BCUT2D eigenvalue weighted by Gasteiger charge is 2.10. The van der Waals surface area contributed by atoms with Crippen LogP contribution in [0.5, 0.6) is 0 Å². The van der Waals surface area contributed by atoms with Gasteiger partial charge >= 0.3 is 0 Å². The number of anilines is 1. The molecule has 1 amide bonds. The maximum absolute atomic E-state index is 12.1. The normalized spacial score (nSPS) is 10.4. The van der Waals surface area contributed by atoms with Crippen molar-refractivity contribution >= 4 is 38.3 Å². The Kier molecular flexibility index (Phi) is 3.66. The Bertz CT molecular complexity index is 719. The molecule has 1 aromatic carbocycles. The molecule has 100 valence electrons. The van der Waals surface area contributed by atoms with Crippen LogP contribution >= 0.6 is 27.3 Å². The van der Waals surface area contributed by atoms with Gasteiger partial charge in [-0.25, -0.2) is 4.98 Å². The summed E-state index contributed by atoms with van der Waals surface area (Å²) in [5.41, 5.74) is 2.36. The molecule has 3 rings (SSSR count). The fraction of sp³-hybridized carbons (Fsp3) is 0. The van der Waals surface area contributed by atoms with Crippen LogP contribution in [0, 0.1) is 0 Å². The number of amides is 1. The van der Waals surface area contributed by atoms with E-state index in [4.69, 9.17) is 0 Å². The van der Waals surface area contributed by atoms with Gasteiger partial charge < -0.3 is 4.98 Å². The Labute approximate surface area is 128 Å². The quantitative estimate of drug-likeness (QED) is 0.747. The predicted octanol–water partition coefficient (Wildman–Crippen LogP) is 4.15. The second-order valence-electron chi connectivity index (χ2n) is 4.08. The third-order valence-corrected chi connectivity index (χ3v) is 3.99. The van der Waals surface area contributed by atoms with E-state index in [0.717, 1.165) is 15.9 Å². The van der Waals surface area contributed by atoms with Gasteiger partial charge in [-0.05, 0) is 36.4 Å². The van der Waals surface area contributed by atoms with Crippen molar-refractivity contribution in [3.8, 4) is 11.4 Å². The molecule has 2 heterocycles. The summed E-state index contributed by atoms with van der Waals surface area (Å²) in [5, 5.41) is 5.29. The smallest absolute Gasteiger partial charge is 0.257 e. The molecule has 0 fully saturated rings. The van der Waals surface area contributed by atoms with Gasteiger partial charge in [-0.1, -0.05) is 15.9 Å². The van der Waals surface area contributed by atoms with Gasteiger partial charge in [0.05, 0.1) is 11.4 Å². The van der Waals surface area contributed by atoms with Crippen LogP contribution in [0.25, 0.3) is 11.4 Å². The molecule has 0 radical (unpaired) electrons. The number of carbonyl (C=O) groups excluding carboxylic acids is 1. The molecule has 0 saturated carbocycles. The van der Waals surface area contributed by atoms with Crippen LogP contribution in [-0.4, -0.2) is 15.9 Å². The number of halogens is 1. The molecule has 0 spiro atoms. The molecule has 0 unspecified atom stereocenters. The Hall–Kier alpha value is -1.92. The number of H-pyrrole nitrogens is 1. The van der Waals surface area contributed by atoms with Crippen molar-refractivity contribution in [3.05, 3.63) is 58.0 Å². The van der Waals surface area contributed by atoms with Crippen LogP contribution in [0.15, 0.2) is 52.4 Å². The molecule has 4 nitrogen and oxygen atoms in total. The van der Waals surface area contributed by atoms with E-state index in [1.54, 1.807) is 12.1 Å². The van der Waals surface area contributed by atoms with E-state index in [9.17, 15) is 4.79 Å². The topological polar surface area (TPSA) is 57.8 Å². The van der Waals surface area contributed by atoms with Gasteiger partial charge in [-0.2, -0.15) is 0 Å². The minimum Gasteiger partial charge on any atom is -0.360 e. The third-order valence-electron chi connectivity index (χ3n) is 2.70. The predicted molar refractivity (Wildman–Crippen MR) is 84.0 cm³/mol. The standard InChI is InChI=1S/C14H10BrN3OS/c15-10-5-3-9(4-6-10)13(19)18-14-17-12(8-20-14)11-2-1-7-16-11/h1-8,16H,(H,17,18,19). The number of benzene rings is 1. The van der Waals surface area contributed by atoms with Gasteiger partial charge in [-0.15, -0.1) is 11.3 Å². The Morgan fingerprint density at radius 3 is 2.75 bits per heavy atom. The zero-order valence-corrected chi connectivity index (χ0v) is 12.7. The number of rotatable bonds is 3. The molecule has 20 heavy (non-hydrogen) atoms. The first-order valence-electron chi connectivity index (χ1n) is 5.88. The van der Waals surface area contributed by atoms with E-state index in [-0.39, 0.29) is 5.91 Å². The second kappa shape index (κ2) is 5.60. The van der Waals surface area contributed by atoms with E-state index in [2.05, 4.69) is 31.2 Å². The monoisotopic (exact) mass is 347 g/mol. The zero-order valence-electron chi connectivity index (χ0n) is 10.3. The van der Waals surface area contributed by atoms with E-state index >= 15 is 0 Å². The lowest BCUT2D eigenvalue weighted by molar-refractivity contribution is 0.102. The van der Waals surface area contributed by atoms with Gasteiger partial charge in [0.15, 0.2) is 5.13 Å². The lowest BCUT2D eigenvalue weighted by Crippen LogP contribution is -2.11. The average molecular weight is 348 g/mol. The average Bonchev–Trinajstić information content (AvgIpc) is 3.09. The summed E-state index contributed by atoms with van der Waals surface area (Å²) in [4.78, 5) is 19.5. The molecule has 0 saturated heterocycles. The van der Waals surface area contributed by atoms with Crippen LogP contribution in [-0.2, 0) is 0 Å². The maximum atomic E-state index is 12.1. The third kappa shape index (κ3) is 2.81. The summed E-state index contributed by atoms with van der Waals surface area (Å²) < 4.78 is 0.942. The first kappa shape index (κ1) is 13.1. The number of thiazole rings is 1. The van der Waals surface area contributed by atoms with Gasteiger partial charge in [0.1, 0.15) is 0 Å². The number of aromatic amines is 1. The summed E-state index contributed by atoms with van der Waals surface area (Å²) in [6.07, 6.45) is 1.84. The van der Waals surface area contributed by atoms with Crippen molar-refractivity contribution in [3.63, 3.8) is 0 Å². The number of nitrogens with zero attached hydrogens (tertiary/aromatic N) is 1. The summed E-state index contributed by atoms with van der Waals surface area (Å²) in [6.45, 7) is 0. The van der Waals surface area contributed by atoms with Crippen LogP contribution in [0.3, 0.4) is 0 Å². The summed E-state index contributed by atoms with van der Waals surface area (Å²) in [7, 11) is 0. The fourth-order valence-corrected chi connectivity index (χ4v) is 2.69. The van der Waals surface area contributed by atoms with Crippen LogP contribution in [0.1, 0.15) is 10.4 Å². The Balaban J connectivity index is 1.75. The van der Waals surface area contributed by atoms with Crippen LogP contribution in [0.2, 0.25) is 0 Å². The van der Waals surface area contributed by atoms with Crippen molar-refractivity contribution < 1.29 is 4.79 Å². The van der Waals surface area contributed by atoms with E-state index < -0.39 is 0 Å². The van der Waals surface area contributed by atoms with Gasteiger partial charge in [0.2, 0.25) is 0 Å². The van der Waals surface area contributed by atoms with E-state index in [1.165, 1.54) is 11.3 Å². The molecular formula is C14H10BrN3OS. The maximum Gasteiger partial charge on any atom is 0.257 e. The SMILES string of the molecule is O=C(Nc1nc(-c2ccc[nH]2)cs1)c1ccc(Br)cc1. The summed E-state index contributed by atoms with van der Waals surface area (Å²) >= 11 is 4.74. The highest BCUT2D eigenvalue weighted by molar-refractivity contribution is 9.10. The fourth-order valence-electron chi connectivity index (χ4n) is 1.72. The molecule has 6 heteroatoms. The molecule has 0 aliphatic rings. The molecule has 0 atom stereocenters. The first-order valence-corrected chi connectivity index (χ1v) is 7.56. The number of hydrogen-bond donors (Lipinski definition) is 2. The number of aromatic nitrogens is 2. The van der Waals surface area contributed by atoms with Crippen molar-refractivity contribution in [1.29, 1.82) is 0 Å². The van der Waals surface area contributed by atoms with Gasteiger partial charge in [0, 0.05) is 21.6 Å². The Morgan fingerprint density at radius 2 is 2.05 bits per heavy atom. The van der Waals surface area contributed by atoms with E-state index in [0.29, 0.717) is 10.7 Å². The lowest BCUT2D eigenvalue weighted by atomic mass is 10.2. The minimum absolute atomic E-state index is 0.162. The number of hydrogen-bond acceptors (Lipinski definition) is 3. The minimum atomic E-state index is -0.162. The highest BCUT2D eigenvalue weighted by atomic mass is 79.9. The molecule has 3 aromatic rings. The number of carbonyl (C=O) groups is 1. The van der Waals surface area contributed by atoms with Gasteiger partial charge in [0.25, 0.3) is 5.91 Å². The van der Waals surface area contributed by atoms with Crippen molar-refractivity contribution in [2.75, 3.05) is 5.32 Å². The molecule has 2 N–H and O–H groups in total. The van der Waals surface area contributed by atoms with Crippen molar-refractivity contribution in [1.82, 2.24) is 9.97 Å². The second-order valence-corrected chi connectivity index (χ2v) is 5.86. The van der Waals surface area contributed by atoms with Crippen molar-refractivity contribution in [2.45, 2.75) is 0 Å². The van der Waals surface area contributed by atoms with E-state index in [1.807, 2.05) is 35.8 Å². The van der Waals surface area contributed by atoms with Crippen molar-refractivity contribution in [2.24, 2.45) is 0 Å². The largest absolute Gasteiger partial charge is 0.360 e. The molecular weight excluding hydrogens is 338 g/mol. The number of nitrogens with one attached hydrogen (secondary N) is 2. The molecule has 0 aliphatic carbocycles. The van der Waals surface area contributed by atoms with Gasteiger partial charge in [-0.3, -0.25) is 10.1 Å². The highest BCUT2D eigenvalue weighted by Crippen LogP contribution is 2.24. The Morgan fingerprint density at radius 1 is 1.25 bits per heavy atom. The molecule has 0 aliphatic heterocycles. The zero-order chi connectivity index (χ0) is 13.9. The molecule has 2 aromatic heterocycles. The summed E-state index contributed by atoms with van der Waals surface area (Å²) in [6, 6.07) is 11.0. The summed E-state index contributed by atoms with van der Waals surface area (Å²) in [5.74, 6) is -0.162. The van der Waals surface area contributed by atoms with Crippen LogP contribution < -0.4 is 5.32 Å². The molecule has 0 bridgehead atoms.